The molecule has 0 N–H and O–H groups in total. The topological polar surface area (TPSA) is 110 Å². The second kappa shape index (κ2) is 7.89. The van der Waals surface area contributed by atoms with Gasteiger partial charge in [0.15, 0.2) is 0 Å². The van der Waals surface area contributed by atoms with Gasteiger partial charge in [-0.25, -0.2) is 8.42 Å². The highest BCUT2D eigenvalue weighted by Crippen LogP contribution is 2.39. The van der Waals surface area contributed by atoms with E-state index in [9.17, 15) is 23.3 Å². The lowest BCUT2D eigenvalue weighted by molar-refractivity contribution is -0.384. The number of nitro benzene ring substituents is 1. The van der Waals surface area contributed by atoms with E-state index in [4.69, 9.17) is 16.3 Å². The van der Waals surface area contributed by atoms with Crippen LogP contribution in [-0.4, -0.2) is 60.4 Å². The number of hydrogen-bond donors (Lipinski definition) is 0. The number of halogens is 1. The normalized spacial score (nSPS) is 19.3. The smallest absolute Gasteiger partial charge is 0.288 e. The van der Waals surface area contributed by atoms with Gasteiger partial charge < -0.3 is 9.64 Å². The van der Waals surface area contributed by atoms with Gasteiger partial charge in [-0.1, -0.05) is 17.7 Å². The highest BCUT2D eigenvalue weighted by molar-refractivity contribution is 7.91. The van der Waals surface area contributed by atoms with Crippen molar-refractivity contribution in [2.75, 3.05) is 26.2 Å². The van der Waals surface area contributed by atoms with E-state index in [2.05, 4.69) is 0 Å². The van der Waals surface area contributed by atoms with Crippen LogP contribution in [0.1, 0.15) is 23.2 Å². The fourth-order valence-corrected chi connectivity index (χ4v) is 6.89. The zero-order chi connectivity index (χ0) is 21.5. The molecule has 1 amide bonds. The molecule has 12 heteroatoms. The molecule has 1 aromatic carbocycles. The summed E-state index contributed by atoms with van der Waals surface area (Å²) >= 11 is 6.98. The average Bonchev–Trinajstić information content (AvgIpc) is 3.39. The number of likely N-dealkylation sites (tertiary alicyclic amines) is 1. The summed E-state index contributed by atoms with van der Waals surface area (Å²) in [4.78, 5) is 24.8. The van der Waals surface area contributed by atoms with Crippen molar-refractivity contribution in [2.24, 2.45) is 0 Å². The fraction of sp³-hybridized carbons (Fsp3) is 0.389. The molecule has 4 rings (SSSR count). The van der Waals surface area contributed by atoms with E-state index >= 15 is 0 Å². The van der Waals surface area contributed by atoms with Gasteiger partial charge in [0, 0.05) is 44.1 Å². The summed E-state index contributed by atoms with van der Waals surface area (Å²) in [5.74, 6) is -0.365. The minimum Gasteiger partial charge on any atom is -0.358 e. The molecule has 0 atom stereocenters. The molecule has 30 heavy (non-hydrogen) atoms. The van der Waals surface area contributed by atoms with Gasteiger partial charge in [0.2, 0.25) is 0 Å². The van der Waals surface area contributed by atoms with E-state index in [1.807, 2.05) is 0 Å². The van der Waals surface area contributed by atoms with Crippen molar-refractivity contribution < 1.29 is 22.9 Å². The number of ether oxygens (including phenoxy) is 1. The number of nitrogens with zero attached hydrogens (tertiary/aromatic N) is 3. The first-order chi connectivity index (χ1) is 14.2. The lowest BCUT2D eigenvalue weighted by atomic mass is 10.00. The van der Waals surface area contributed by atoms with Crippen molar-refractivity contribution in [3.63, 3.8) is 0 Å². The Labute approximate surface area is 182 Å². The van der Waals surface area contributed by atoms with Crippen molar-refractivity contribution in [1.29, 1.82) is 0 Å². The van der Waals surface area contributed by atoms with E-state index in [0.717, 1.165) is 17.4 Å². The quantitative estimate of drug-likeness (QED) is 0.500. The Kier molecular flexibility index (Phi) is 5.58. The van der Waals surface area contributed by atoms with Gasteiger partial charge in [-0.3, -0.25) is 14.9 Å². The molecule has 2 fully saturated rings. The number of thiophene rings is 1. The van der Waals surface area contributed by atoms with Crippen LogP contribution >= 0.6 is 22.9 Å². The number of rotatable bonds is 4. The van der Waals surface area contributed by atoms with Crippen molar-refractivity contribution in [3.8, 4) is 0 Å². The Bertz CT molecular complexity index is 1080. The molecule has 1 spiro atoms. The van der Waals surface area contributed by atoms with Gasteiger partial charge in [-0.2, -0.15) is 4.31 Å². The number of amides is 1. The molecular weight excluding hydrogens is 454 g/mol. The number of sulfonamides is 1. The maximum absolute atomic E-state index is 13.0. The van der Waals surface area contributed by atoms with E-state index in [1.165, 1.54) is 16.4 Å². The molecule has 0 unspecified atom stereocenters. The lowest BCUT2D eigenvalue weighted by Crippen LogP contribution is -2.55. The zero-order valence-electron chi connectivity index (χ0n) is 15.7. The highest BCUT2D eigenvalue weighted by Gasteiger charge is 2.51. The van der Waals surface area contributed by atoms with E-state index in [-0.39, 0.29) is 46.0 Å². The van der Waals surface area contributed by atoms with Crippen LogP contribution in [0.25, 0.3) is 0 Å². The largest absolute Gasteiger partial charge is 0.358 e. The molecule has 3 heterocycles. The number of carbonyl (C=O) groups is 1. The van der Waals surface area contributed by atoms with E-state index in [1.54, 1.807) is 22.4 Å². The monoisotopic (exact) mass is 471 g/mol. The van der Waals surface area contributed by atoms with Crippen LogP contribution in [0.5, 0.6) is 0 Å². The summed E-state index contributed by atoms with van der Waals surface area (Å²) in [5.41, 5.74) is -1.15. The lowest BCUT2D eigenvalue weighted by Gasteiger charge is -2.42. The number of nitro groups is 1. The van der Waals surface area contributed by atoms with Crippen LogP contribution in [-0.2, 0) is 14.8 Å². The Morgan fingerprint density at radius 2 is 1.97 bits per heavy atom. The number of piperidine rings is 1. The second-order valence-electron chi connectivity index (χ2n) is 7.02. The summed E-state index contributed by atoms with van der Waals surface area (Å²) in [6.07, 6.45) is 0.637. The van der Waals surface area contributed by atoms with Crippen molar-refractivity contribution in [2.45, 2.75) is 22.8 Å². The first-order valence-electron chi connectivity index (χ1n) is 9.18. The molecule has 2 saturated heterocycles. The van der Waals surface area contributed by atoms with E-state index in [0.29, 0.717) is 19.4 Å². The van der Waals surface area contributed by atoms with Gasteiger partial charge >= 0.3 is 0 Å². The Morgan fingerprint density at radius 3 is 2.60 bits per heavy atom. The van der Waals surface area contributed by atoms with Crippen LogP contribution in [0.4, 0.5) is 5.69 Å². The third kappa shape index (κ3) is 3.60. The molecular formula is C18H18ClN3O6S2. The maximum atomic E-state index is 13.0. The van der Waals surface area contributed by atoms with Gasteiger partial charge in [0.05, 0.1) is 11.5 Å². The summed E-state index contributed by atoms with van der Waals surface area (Å²) in [5, 5.41) is 12.8. The molecule has 0 bridgehead atoms. The highest BCUT2D eigenvalue weighted by atomic mass is 35.5. The molecule has 9 nitrogen and oxygen atoms in total. The molecule has 1 aromatic heterocycles. The van der Waals surface area contributed by atoms with Gasteiger partial charge in [0.1, 0.15) is 15.0 Å². The minimum absolute atomic E-state index is 0.0390. The minimum atomic E-state index is -3.68. The van der Waals surface area contributed by atoms with Crippen molar-refractivity contribution in [3.05, 3.63) is 56.4 Å². The molecule has 2 aromatic rings. The van der Waals surface area contributed by atoms with Gasteiger partial charge in [0.25, 0.3) is 21.6 Å². The Balaban J connectivity index is 1.51. The summed E-state index contributed by atoms with van der Waals surface area (Å²) in [6, 6.07) is 7.19. The van der Waals surface area contributed by atoms with Crippen LogP contribution in [0.3, 0.4) is 0 Å². The zero-order valence-corrected chi connectivity index (χ0v) is 18.1. The van der Waals surface area contributed by atoms with Crippen LogP contribution in [0.2, 0.25) is 5.02 Å². The molecule has 2 aliphatic rings. The third-order valence-electron chi connectivity index (χ3n) is 5.38. The number of carbonyl (C=O) groups excluding carboxylic acids is 1. The van der Waals surface area contributed by atoms with E-state index < -0.39 is 20.7 Å². The van der Waals surface area contributed by atoms with Crippen LogP contribution in [0.15, 0.2) is 39.9 Å². The summed E-state index contributed by atoms with van der Waals surface area (Å²) in [6.45, 7) is 1.09. The molecule has 0 saturated carbocycles. The SMILES string of the molecule is O=C(c1ccc(Cl)c([N+](=O)[O-])c1)N1CCC2(CC1)OCCN2S(=O)(=O)c1cccs1. The third-order valence-corrected chi connectivity index (χ3v) is 9.02. The molecule has 0 aliphatic carbocycles. The standard InChI is InChI=1S/C18H18ClN3O6S2/c19-14-4-3-13(12-15(14)22(24)25)17(23)20-7-5-18(6-8-20)21(9-10-28-18)30(26,27)16-2-1-11-29-16/h1-4,11-12H,5-10H2. The first-order valence-corrected chi connectivity index (χ1v) is 11.9. The molecule has 0 radical (unpaired) electrons. The summed E-state index contributed by atoms with van der Waals surface area (Å²) in [7, 11) is -3.68. The second-order valence-corrected chi connectivity index (χ2v) is 10.5. The fourth-order valence-electron chi connectivity index (χ4n) is 3.87. The first kappa shape index (κ1) is 21.2. The maximum Gasteiger partial charge on any atom is 0.288 e. The molecule has 2 aliphatic heterocycles. The molecule has 160 valence electrons. The predicted molar refractivity (Wildman–Crippen MR) is 110 cm³/mol. The average molecular weight is 472 g/mol. The predicted octanol–water partition coefficient (Wildman–Crippen LogP) is 2.96. The number of benzene rings is 1. The van der Waals surface area contributed by atoms with Crippen LogP contribution in [0, 0.1) is 10.1 Å². The Morgan fingerprint density at radius 1 is 1.23 bits per heavy atom. The van der Waals surface area contributed by atoms with Crippen molar-refractivity contribution >= 4 is 44.6 Å². The Hall–Kier alpha value is -2.05. The number of hydrogen-bond acceptors (Lipinski definition) is 7. The van der Waals surface area contributed by atoms with Crippen LogP contribution < -0.4 is 0 Å². The van der Waals surface area contributed by atoms with Gasteiger partial charge in [-0.15, -0.1) is 11.3 Å². The van der Waals surface area contributed by atoms with Crippen molar-refractivity contribution in [1.82, 2.24) is 9.21 Å². The summed E-state index contributed by atoms with van der Waals surface area (Å²) < 4.78 is 33.6. The van der Waals surface area contributed by atoms with Gasteiger partial charge in [-0.05, 0) is 23.6 Å².